The normalized spacial score (nSPS) is 14.5. The first-order valence-corrected chi connectivity index (χ1v) is 20.3. The van der Waals surface area contributed by atoms with E-state index in [4.69, 9.17) is 9.97 Å². The molecule has 3 heteroatoms. The summed E-state index contributed by atoms with van der Waals surface area (Å²) in [6.45, 7) is 2.36. The Balaban J connectivity index is 0.946. The van der Waals surface area contributed by atoms with E-state index in [9.17, 15) is 0 Å². The van der Waals surface area contributed by atoms with E-state index in [0.29, 0.717) is 5.82 Å². The van der Waals surface area contributed by atoms with E-state index in [0.717, 1.165) is 28.1 Å². The average molecular weight is 745 g/mol. The van der Waals surface area contributed by atoms with Crippen molar-refractivity contribution in [3.05, 3.63) is 217 Å². The quantitative estimate of drug-likeness (QED) is 0.169. The van der Waals surface area contributed by atoms with Gasteiger partial charge in [0.05, 0.1) is 11.4 Å². The lowest BCUT2D eigenvalue weighted by Crippen LogP contribution is -2.22. The van der Waals surface area contributed by atoms with E-state index in [-0.39, 0.29) is 5.41 Å². The van der Waals surface area contributed by atoms with E-state index in [1.807, 2.05) is 29.5 Å². The maximum absolute atomic E-state index is 5.21. The number of thiophene rings is 1. The van der Waals surface area contributed by atoms with Crippen molar-refractivity contribution in [2.24, 2.45) is 0 Å². The molecular weight excluding hydrogens is 709 g/mol. The number of benzene rings is 8. The number of aromatic nitrogens is 2. The predicted molar refractivity (Wildman–Crippen MR) is 240 cm³/mol. The molecule has 268 valence electrons. The summed E-state index contributed by atoms with van der Waals surface area (Å²) in [5.41, 5.74) is 15.9. The van der Waals surface area contributed by atoms with Crippen LogP contribution in [0, 0.1) is 0 Å². The van der Waals surface area contributed by atoms with Crippen LogP contribution in [-0.4, -0.2) is 9.97 Å². The lowest BCUT2D eigenvalue weighted by molar-refractivity contribution is 0.714. The van der Waals surface area contributed by atoms with Crippen molar-refractivity contribution in [1.29, 1.82) is 0 Å². The van der Waals surface area contributed by atoms with Crippen LogP contribution in [0.15, 0.2) is 200 Å². The van der Waals surface area contributed by atoms with E-state index in [1.165, 1.54) is 70.2 Å². The molecule has 2 aromatic heterocycles. The minimum absolute atomic E-state index is 0.290. The first-order valence-electron chi connectivity index (χ1n) is 19.5. The summed E-state index contributed by atoms with van der Waals surface area (Å²) in [5.74, 6) is 0.714. The van der Waals surface area contributed by atoms with Crippen LogP contribution in [0.3, 0.4) is 0 Å². The molecule has 57 heavy (non-hydrogen) atoms. The second kappa shape index (κ2) is 13.4. The molecule has 0 saturated heterocycles. The number of hydrogen-bond donors (Lipinski definition) is 0. The number of hydrogen-bond acceptors (Lipinski definition) is 3. The minimum Gasteiger partial charge on any atom is -0.228 e. The van der Waals surface area contributed by atoms with Gasteiger partial charge in [0.25, 0.3) is 0 Å². The first kappa shape index (κ1) is 33.4. The number of nitrogens with zero attached hydrogens (tertiary/aromatic N) is 2. The summed E-state index contributed by atoms with van der Waals surface area (Å²) >= 11 is 1.86. The average Bonchev–Trinajstić information content (AvgIpc) is 3.79. The van der Waals surface area contributed by atoms with E-state index in [1.54, 1.807) is 0 Å². The molecule has 8 aromatic carbocycles. The standard InChI is InChI=1S/C54H36N2S/c1-54(42-14-6-3-7-15-42)47-18-10-8-16-43(47)44-30-29-41(32-48(44)54)50-34-49(55-53(56-50)39-12-4-2-5-13-39)38-26-24-36(25-27-38)35-20-22-37(23-21-35)40-28-31-46-45-17-9-11-19-51(45)57-52(46)33-40/h2-34H,1H3. The highest BCUT2D eigenvalue weighted by atomic mass is 32.1. The van der Waals surface area contributed by atoms with Gasteiger partial charge in [0.1, 0.15) is 0 Å². The molecule has 0 amide bonds. The lowest BCUT2D eigenvalue weighted by Gasteiger charge is -2.28. The third-order valence-electron chi connectivity index (χ3n) is 11.8. The fourth-order valence-corrected chi connectivity index (χ4v) is 9.93. The predicted octanol–water partition coefficient (Wildman–Crippen LogP) is 14.5. The van der Waals surface area contributed by atoms with Gasteiger partial charge in [-0.25, -0.2) is 9.97 Å². The van der Waals surface area contributed by atoms with Crippen LogP contribution in [-0.2, 0) is 5.41 Å². The highest BCUT2D eigenvalue weighted by molar-refractivity contribution is 7.25. The highest BCUT2D eigenvalue weighted by Crippen LogP contribution is 2.53. The summed E-state index contributed by atoms with van der Waals surface area (Å²) in [6, 6.07) is 72.2. The fraction of sp³-hybridized carbons (Fsp3) is 0.0370. The van der Waals surface area contributed by atoms with Gasteiger partial charge < -0.3 is 0 Å². The molecule has 0 aliphatic heterocycles. The second-order valence-corrected chi connectivity index (χ2v) is 16.2. The molecule has 11 rings (SSSR count). The Kier molecular flexibility index (Phi) is 7.84. The lowest BCUT2D eigenvalue weighted by atomic mass is 9.74. The molecule has 0 bridgehead atoms. The molecule has 2 nitrogen and oxygen atoms in total. The van der Waals surface area contributed by atoms with Crippen molar-refractivity contribution in [2.45, 2.75) is 12.3 Å². The molecule has 0 saturated carbocycles. The Morgan fingerprint density at radius 3 is 1.67 bits per heavy atom. The zero-order valence-corrected chi connectivity index (χ0v) is 32.2. The minimum atomic E-state index is -0.290. The van der Waals surface area contributed by atoms with Gasteiger partial charge in [-0.05, 0) is 81.3 Å². The molecular formula is C54H36N2S. The number of rotatable bonds is 6. The van der Waals surface area contributed by atoms with E-state index in [2.05, 4.69) is 189 Å². The molecule has 0 radical (unpaired) electrons. The summed E-state index contributed by atoms with van der Waals surface area (Å²) in [5, 5.41) is 2.66. The molecule has 0 fully saturated rings. The fourth-order valence-electron chi connectivity index (χ4n) is 8.79. The Labute approximate surface area is 336 Å². The van der Waals surface area contributed by atoms with Crippen molar-refractivity contribution in [2.75, 3.05) is 0 Å². The van der Waals surface area contributed by atoms with E-state index >= 15 is 0 Å². The molecule has 0 spiro atoms. The zero-order chi connectivity index (χ0) is 37.9. The van der Waals surface area contributed by atoms with Crippen molar-refractivity contribution in [1.82, 2.24) is 9.97 Å². The van der Waals surface area contributed by atoms with Gasteiger partial charge in [-0.2, -0.15) is 0 Å². The van der Waals surface area contributed by atoms with Crippen molar-refractivity contribution < 1.29 is 0 Å². The summed E-state index contributed by atoms with van der Waals surface area (Å²) in [6.07, 6.45) is 0. The SMILES string of the molecule is CC1(c2ccccc2)c2ccccc2-c2ccc(-c3cc(-c4ccc(-c5ccc(-c6ccc7c(c6)sc6ccccc67)cc5)cc4)nc(-c4ccccc4)n3)cc21. The Morgan fingerprint density at radius 1 is 0.368 bits per heavy atom. The molecule has 1 aliphatic rings. The smallest absolute Gasteiger partial charge is 0.160 e. The topological polar surface area (TPSA) is 25.8 Å². The van der Waals surface area contributed by atoms with Gasteiger partial charge in [0, 0.05) is 42.3 Å². The van der Waals surface area contributed by atoms with Gasteiger partial charge in [-0.3, -0.25) is 0 Å². The third-order valence-corrected chi connectivity index (χ3v) is 13.0. The maximum atomic E-state index is 5.21. The van der Waals surface area contributed by atoms with Crippen molar-refractivity contribution in [3.63, 3.8) is 0 Å². The molecule has 1 unspecified atom stereocenters. The van der Waals surface area contributed by atoms with Crippen LogP contribution in [0.5, 0.6) is 0 Å². The molecule has 10 aromatic rings. The molecule has 1 atom stereocenters. The van der Waals surface area contributed by atoms with Crippen LogP contribution in [0.25, 0.3) is 87.5 Å². The zero-order valence-electron chi connectivity index (χ0n) is 31.4. The van der Waals surface area contributed by atoms with Crippen LogP contribution >= 0.6 is 11.3 Å². The Morgan fingerprint density at radius 2 is 0.912 bits per heavy atom. The number of fused-ring (bicyclic) bond motifs is 6. The maximum Gasteiger partial charge on any atom is 0.160 e. The first-order chi connectivity index (χ1) is 28.1. The third kappa shape index (κ3) is 5.62. The Hall–Kier alpha value is -6.94. The van der Waals surface area contributed by atoms with Crippen LogP contribution in [0.1, 0.15) is 23.6 Å². The largest absolute Gasteiger partial charge is 0.228 e. The monoisotopic (exact) mass is 744 g/mol. The molecule has 1 aliphatic carbocycles. The van der Waals surface area contributed by atoms with Gasteiger partial charge in [0.15, 0.2) is 5.82 Å². The van der Waals surface area contributed by atoms with Crippen molar-refractivity contribution >= 4 is 31.5 Å². The summed E-state index contributed by atoms with van der Waals surface area (Å²) < 4.78 is 2.66. The van der Waals surface area contributed by atoms with Gasteiger partial charge >= 0.3 is 0 Å². The second-order valence-electron chi connectivity index (χ2n) is 15.1. The van der Waals surface area contributed by atoms with E-state index < -0.39 is 0 Å². The van der Waals surface area contributed by atoms with Gasteiger partial charge in [-0.15, -0.1) is 11.3 Å². The van der Waals surface area contributed by atoms with Crippen molar-refractivity contribution in [3.8, 4) is 67.3 Å². The summed E-state index contributed by atoms with van der Waals surface area (Å²) in [7, 11) is 0. The van der Waals surface area contributed by atoms with Crippen LogP contribution < -0.4 is 0 Å². The molecule has 0 N–H and O–H groups in total. The van der Waals surface area contributed by atoms with Gasteiger partial charge in [0.2, 0.25) is 0 Å². The van der Waals surface area contributed by atoms with Crippen LogP contribution in [0.2, 0.25) is 0 Å². The Bertz CT molecular complexity index is 3110. The molecule has 2 heterocycles. The highest BCUT2D eigenvalue weighted by Gasteiger charge is 2.40. The van der Waals surface area contributed by atoms with Gasteiger partial charge in [-0.1, -0.05) is 176 Å². The van der Waals surface area contributed by atoms with Crippen LogP contribution in [0.4, 0.5) is 0 Å². The summed E-state index contributed by atoms with van der Waals surface area (Å²) in [4.78, 5) is 10.4.